The maximum Gasteiger partial charge on any atom is 0.481 e. The van der Waals surface area contributed by atoms with Crippen molar-refractivity contribution in [3.8, 4) is 0 Å². The van der Waals surface area contributed by atoms with Gasteiger partial charge in [-0.05, 0) is 6.42 Å². The van der Waals surface area contributed by atoms with E-state index in [-0.39, 0.29) is 48.7 Å². The number of hydrogen-bond donors (Lipinski definition) is 8. The van der Waals surface area contributed by atoms with Gasteiger partial charge in [-0.15, -0.1) is 0 Å². The monoisotopic (exact) mass is 865 g/mol. The Hall–Kier alpha value is -2.97. The molecule has 0 aromatic carbocycles. The molecule has 2 aromatic rings. The van der Waals surface area contributed by atoms with Gasteiger partial charge >= 0.3 is 15.6 Å². The van der Waals surface area contributed by atoms with E-state index in [2.05, 4.69) is 38.9 Å². The number of aliphatic hydroxyl groups excluding tert-OH is 2. The smallest absolute Gasteiger partial charge is 0.481 e. The molecule has 8 unspecified atom stereocenters. The van der Waals surface area contributed by atoms with Crippen molar-refractivity contribution in [1.82, 2.24) is 30.2 Å². The van der Waals surface area contributed by atoms with Crippen molar-refractivity contribution in [3.05, 3.63) is 12.7 Å². The number of nitrogen functional groups attached to an aromatic ring is 1. The number of phosphoric acid groups is 3. The van der Waals surface area contributed by atoms with Gasteiger partial charge in [-0.1, -0.05) is 25.6 Å². The Labute approximate surface area is 314 Å². The molecule has 1 aliphatic heterocycles. The number of carbonyl (C=O) groups excluding carboxylic acids is 4. The van der Waals surface area contributed by atoms with E-state index in [0.29, 0.717) is 0 Å². The number of imidazole rings is 1. The number of hydrogen-bond acceptors (Lipinski definition) is 21. The average Bonchev–Trinajstić information content (AvgIpc) is 3.63. The van der Waals surface area contributed by atoms with Crippen LogP contribution in [0.25, 0.3) is 11.2 Å². The fourth-order valence-electron chi connectivity index (χ4n) is 4.57. The van der Waals surface area contributed by atoms with Crippen molar-refractivity contribution in [2.45, 2.75) is 63.8 Å². The molecule has 1 fully saturated rings. The summed E-state index contributed by atoms with van der Waals surface area (Å²) in [4.78, 5) is 99.1. The molecule has 0 aliphatic carbocycles. The molecule has 26 nitrogen and oxygen atoms in total. The van der Waals surface area contributed by atoms with Crippen LogP contribution in [0.4, 0.5) is 5.82 Å². The molecule has 1 aliphatic rings. The molecular weight excluding hydrogens is 827 g/mol. The first kappa shape index (κ1) is 46.4. The predicted octanol–water partition coefficient (Wildman–Crippen LogP) is -3.44. The van der Waals surface area contributed by atoms with Crippen LogP contribution in [0, 0.1) is 5.41 Å². The van der Waals surface area contributed by atoms with E-state index in [0.717, 1.165) is 29.0 Å². The minimum atomic E-state index is -5.60. The van der Waals surface area contributed by atoms with Crippen LogP contribution >= 0.6 is 35.2 Å². The van der Waals surface area contributed by atoms with Gasteiger partial charge in [0, 0.05) is 43.1 Å². The molecule has 2 aromatic heterocycles. The summed E-state index contributed by atoms with van der Waals surface area (Å²) < 4.78 is 61.5. The van der Waals surface area contributed by atoms with Crippen molar-refractivity contribution in [2.24, 2.45) is 5.41 Å². The van der Waals surface area contributed by atoms with Gasteiger partial charge in [0.15, 0.2) is 22.8 Å². The summed E-state index contributed by atoms with van der Waals surface area (Å²) in [6.07, 6.45) is -7.95. The number of carboxylic acids is 1. The van der Waals surface area contributed by atoms with Gasteiger partial charge < -0.3 is 65.3 Å². The second kappa shape index (κ2) is 19.5. The average molecular weight is 866 g/mol. The maximum atomic E-state index is 12.6. The number of nitrogens with two attached hydrogens (primary N) is 1. The molecule has 55 heavy (non-hydrogen) atoms. The lowest BCUT2D eigenvalue weighted by Gasteiger charge is -2.30. The summed E-state index contributed by atoms with van der Waals surface area (Å²) in [6.45, 7) is 0.127. The van der Waals surface area contributed by atoms with Crippen LogP contribution in [0.15, 0.2) is 12.7 Å². The van der Waals surface area contributed by atoms with E-state index in [4.69, 9.17) is 15.0 Å². The number of phosphoric ester groups is 3. The highest BCUT2D eigenvalue weighted by Gasteiger charge is 2.49. The van der Waals surface area contributed by atoms with Gasteiger partial charge in [0.25, 0.3) is 7.82 Å². The third-order valence-electron chi connectivity index (χ3n) is 7.29. The van der Waals surface area contributed by atoms with Crippen molar-refractivity contribution in [1.29, 1.82) is 0 Å². The summed E-state index contributed by atoms with van der Waals surface area (Å²) in [5, 5.41) is 36.1. The summed E-state index contributed by atoms with van der Waals surface area (Å²) in [5.74, 6) is -2.82. The number of carboxylic acid groups (broad SMARTS) is 1. The molecule has 8 atom stereocenters. The lowest BCUT2D eigenvalue weighted by Crippen LogP contribution is -2.46. The highest BCUT2D eigenvalue weighted by atomic mass is 32.2. The molecule has 1 saturated heterocycles. The maximum absolute atomic E-state index is 12.6. The number of fused-ring (bicyclic) bond motifs is 1. The number of ether oxygens (including phenoxy) is 1. The minimum absolute atomic E-state index is 0.00280. The van der Waals surface area contributed by atoms with Crippen LogP contribution in [0.2, 0.25) is 0 Å². The van der Waals surface area contributed by atoms with Crippen LogP contribution in [0.1, 0.15) is 39.3 Å². The number of anilines is 1. The Balaban J connectivity index is 1.49. The Morgan fingerprint density at radius 1 is 1.05 bits per heavy atom. The fraction of sp³-hybridized carbons (Fsp3) is 0.640. The number of aliphatic carboxylic acids is 1. The Bertz CT molecular complexity index is 1850. The van der Waals surface area contributed by atoms with Gasteiger partial charge in [0.1, 0.15) is 36.3 Å². The first-order chi connectivity index (χ1) is 25.4. The molecular formula is C25H38N7O19P3S-2. The molecule has 9 N–H and O–H groups in total. The highest BCUT2D eigenvalue weighted by Crippen LogP contribution is 2.61. The van der Waals surface area contributed by atoms with Crippen LogP contribution in [-0.2, 0) is 55.5 Å². The van der Waals surface area contributed by atoms with Crippen LogP contribution in [0.5, 0.6) is 0 Å². The summed E-state index contributed by atoms with van der Waals surface area (Å²) in [7, 11) is -16.7. The van der Waals surface area contributed by atoms with Crippen molar-refractivity contribution >= 4 is 75.1 Å². The molecule has 310 valence electrons. The molecule has 30 heteroatoms. The van der Waals surface area contributed by atoms with Gasteiger partial charge in [-0.3, -0.25) is 32.6 Å². The van der Waals surface area contributed by atoms with E-state index in [9.17, 15) is 67.8 Å². The molecule has 3 rings (SSSR count). The summed E-state index contributed by atoms with van der Waals surface area (Å²) in [6, 6.07) is 0. The normalized spacial score (nSPS) is 22.6. The standard InChI is InChI=1S/C25H40N7O19P3S/c1-25(2,20(38)23(39)28-6-5-14(33)27-7-8-55-16(36)4-3-15(34)35)10-48-54(45,46)51-53(43,44)47-9-13-19(50-52(40,41)42)18(37)24(49-13)32-12-31-17-21(26)29-11-30-22(17)32/h11-13,18-20,24,37-38H,3-10H2,1-2H3,(H,27,33)(H,28,39)(H,34,35)(H,43,44)(H,45,46)(H2,26,29,30)(H2,40,41,42)/p-2. The van der Waals surface area contributed by atoms with Crippen LogP contribution < -0.4 is 26.4 Å². The largest absolute Gasteiger partial charge is 0.756 e. The number of aliphatic hydroxyl groups is 2. The Kier molecular flexibility index (Phi) is 16.4. The van der Waals surface area contributed by atoms with E-state index in [1.54, 1.807) is 0 Å². The van der Waals surface area contributed by atoms with Gasteiger partial charge in [0.05, 0.1) is 19.5 Å². The summed E-state index contributed by atoms with van der Waals surface area (Å²) in [5.41, 5.74) is 4.15. The number of nitrogens with one attached hydrogen (secondary N) is 2. The highest BCUT2D eigenvalue weighted by molar-refractivity contribution is 8.13. The van der Waals surface area contributed by atoms with Crippen LogP contribution in [-0.4, -0.2) is 124 Å². The van der Waals surface area contributed by atoms with Crippen molar-refractivity contribution < 1.29 is 90.4 Å². The predicted molar refractivity (Wildman–Crippen MR) is 179 cm³/mol. The number of amides is 2. The quantitative estimate of drug-likeness (QED) is 0.0421. The van der Waals surface area contributed by atoms with E-state index in [1.807, 2.05) is 0 Å². The number of aromatic nitrogens is 4. The van der Waals surface area contributed by atoms with Gasteiger partial charge in [-0.25, -0.2) is 24.1 Å². The Morgan fingerprint density at radius 3 is 2.38 bits per heavy atom. The first-order valence-electron chi connectivity index (χ1n) is 15.6. The lowest BCUT2D eigenvalue weighted by molar-refractivity contribution is -0.305. The molecule has 3 heterocycles. The topological polar surface area (TPSA) is 407 Å². The Morgan fingerprint density at radius 2 is 1.73 bits per heavy atom. The zero-order valence-corrected chi connectivity index (χ0v) is 32.3. The van der Waals surface area contributed by atoms with Gasteiger partial charge in [0.2, 0.25) is 11.8 Å². The second-order valence-corrected chi connectivity index (χ2v) is 17.5. The van der Waals surface area contributed by atoms with Crippen LogP contribution in [0.3, 0.4) is 0 Å². The van der Waals surface area contributed by atoms with Gasteiger partial charge in [-0.2, -0.15) is 4.31 Å². The molecule has 0 spiro atoms. The SMILES string of the molecule is CC(C)(COP(=O)(O)OP(=O)(O)OCC1OC(n2cnc3c(N)ncnc32)C(O)C1OP(=O)([O-])O)C(O)C(=O)NCCC(=O)NCCSC(=O)CCC(=O)[O-]. The first-order valence-corrected chi connectivity index (χ1v) is 21.1. The third-order valence-corrected chi connectivity index (χ3v) is 11.3. The zero-order valence-electron chi connectivity index (χ0n) is 28.8. The number of nitrogens with zero attached hydrogens (tertiary/aromatic N) is 4. The van der Waals surface area contributed by atoms with Crippen molar-refractivity contribution in [3.63, 3.8) is 0 Å². The molecule has 0 saturated carbocycles. The van der Waals surface area contributed by atoms with E-state index in [1.165, 1.54) is 13.8 Å². The number of rotatable bonds is 22. The lowest BCUT2D eigenvalue weighted by atomic mass is 9.87. The molecule has 0 radical (unpaired) electrons. The number of carbonyl (C=O) groups is 4. The molecule has 2 amide bonds. The molecule has 0 bridgehead atoms. The minimum Gasteiger partial charge on any atom is -0.756 e. The number of thioether (sulfide) groups is 1. The van der Waals surface area contributed by atoms with E-state index >= 15 is 0 Å². The zero-order chi connectivity index (χ0) is 41.4. The summed E-state index contributed by atoms with van der Waals surface area (Å²) >= 11 is 0.819. The fourth-order valence-corrected chi connectivity index (χ4v) is 8.06. The van der Waals surface area contributed by atoms with Crippen molar-refractivity contribution in [2.75, 3.05) is 37.8 Å². The second-order valence-electron chi connectivity index (χ2n) is 12.1. The van der Waals surface area contributed by atoms with E-state index < -0.39 is 102 Å². The third kappa shape index (κ3) is 14.5.